The minimum Gasteiger partial charge on any atom is -0.479 e. The van der Waals surface area contributed by atoms with E-state index >= 15 is 0 Å². The number of carbonyl (C=O) groups is 1. The molecule has 0 amide bonds. The molecule has 0 bridgehead atoms. The summed E-state index contributed by atoms with van der Waals surface area (Å²) in [5, 5.41) is 13.5. The standard InChI is InChI=1S/C16H18N2O2/c1-11(2)12-3-5-13(6-4-12)14-9-17-18(10-14)16(7-8-16)15(19)20/h3-6,9-11H,7-8H2,1-2H3,(H,19,20). The number of hydrogen-bond acceptors (Lipinski definition) is 2. The van der Waals surface area contributed by atoms with Crippen LogP contribution in [0.1, 0.15) is 38.2 Å². The zero-order valence-corrected chi connectivity index (χ0v) is 11.7. The fraction of sp³-hybridized carbons (Fsp3) is 0.375. The van der Waals surface area contributed by atoms with E-state index in [4.69, 9.17) is 0 Å². The summed E-state index contributed by atoms with van der Waals surface area (Å²) in [4.78, 5) is 11.3. The third kappa shape index (κ3) is 2.01. The van der Waals surface area contributed by atoms with Gasteiger partial charge in [-0.3, -0.25) is 4.68 Å². The van der Waals surface area contributed by atoms with Crippen molar-refractivity contribution in [3.63, 3.8) is 0 Å². The van der Waals surface area contributed by atoms with Crippen molar-refractivity contribution in [3.05, 3.63) is 42.2 Å². The van der Waals surface area contributed by atoms with Crippen LogP contribution in [0.4, 0.5) is 0 Å². The van der Waals surface area contributed by atoms with E-state index in [1.54, 1.807) is 10.9 Å². The number of aromatic nitrogens is 2. The fourth-order valence-corrected chi connectivity index (χ4v) is 2.43. The van der Waals surface area contributed by atoms with E-state index < -0.39 is 11.5 Å². The molecule has 1 aliphatic carbocycles. The van der Waals surface area contributed by atoms with Gasteiger partial charge in [0.15, 0.2) is 5.54 Å². The lowest BCUT2D eigenvalue weighted by Gasteiger charge is -2.09. The average molecular weight is 270 g/mol. The van der Waals surface area contributed by atoms with Crippen LogP contribution in [-0.2, 0) is 10.3 Å². The van der Waals surface area contributed by atoms with E-state index in [0.29, 0.717) is 18.8 Å². The fourth-order valence-electron chi connectivity index (χ4n) is 2.43. The summed E-state index contributed by atoms with van der Waals surface area (Å²) in [6.45, 7) is 4.33. The maximum absolute atomic E-state index is 11.3. The van der Waals surface area contributed by atoms with E-state index in [1.165, 1.54) is 5.56 Å². The van der Waals surface area contributed by atoms with Crippen molar-refractivity contribution < 1.29 is 9.90 Å². The highest BCUT2D eigenvalue weighted by Crippen LogP contribution is 2.43. The van der Waals surface area contributed by atoms with Gasteiger partial charge >= 0.3 is 5.97 Å². The number of aliphatic carboxylic acids is 1. The Bertz CT molecular complexity index is 637. The number of carboxylic acid groups (broad SMARTS) is 1. The van der Waals surface area contributed by atoms with Crippen molar-refractivity contribution >= 4 is 5.97 Å². The van der Waals surface area contributed by atoms with Crippen LogP contribution in [0.2, 0.25) is 0 Å². The quantitative estimate of drug-likeness (QED) is 0.927. The lowest BCUT2D eigenvalue weighted by Crippen LogP contribution is -2.27. The minimum absolute atomic E-state index is 0.508. The molecule has 1 aliphatic rings. The molecule has 0 saturated heterocycles. The Morgan fingerprint density at radius 2 is 1.90 bits per heavy atom. The van der Waals surface area contributed by atoms with Gasteiger partial charge in [0.25, 0.3) is 0 Å². The van der Waals surface area contributed by atoms with Crippen LogP contribution in [0, 0.1) is 0 Å². The Balaban J connectivity index is 1.89. The number of nitrogens with zero attached hydrogens (tertiary/aromatic N) is 2. The molecule has 0 spiro atoms. The largest absolute Gasteiger partial charge is 0.479 e. The number of carboxylic acids is 1. The van der Waals surface area contributed by atoms with Crippen molar-refractivity contribution in [3.8, 4) is 11.1 Å². The maximum Gasteiger partial charge on any atom is 0.331 e. The predicted octanol–water partition coefficient (Wildman–Crippen LogP) is 3.25. The summed E-state index contributed by atoms with van der Waals surface area (Å²) < 4.78 is 1.60. The van der Waals surface area contributed by atoms with Gasteiger partial charge in [-0.2, -0.15) is 5.10 Å². The van der Waals surface area contributed by atoms with Crippen LogP contribution in [0.15, 0.2) is 36.7 Å². The normalized spacial score (nSPS) is 16.4. The van der Waals surface area contributed by atoms with E-state index in [1.807, 2.05) is 6.20 Å². The van der Waals surface area contributed by atoms with Crippen LogP contribution < -0.4 is 0 Å². The molecule has 104 valence electrons. The summed E-state index contributed by atoms with van der Waals surface area (Å²) >= 11 is 0. The smallest absolute Gasteiger partial charge is 0.331 e. The number of rotatable bonds is 4. The molecule has 2 aromatic rings. The second-order valence-corrected chi connectivity index (χ2v) is 5.79. The molecule has 1 N–H and O–H groups in total. The highest BCUT2D eigenvalue weighted by Gasteiger charge is 2.53. The highest BCUT2D eigenvalue weighted by molar-refractivity contribution is 5.80. The van der Waals surface area contributed by atoms with Gasteiger partial charge in [0.05, 0.1) is 6.20 Å². The van der Waals surface area contributed by atoms with E-state index in [9.17, 15) is 9.90 Å². The summed E-state index contributed by atoms with van der Waals surface area (Å²) in [5.41, 5.74) is 2.54. The third-order valence-electron chi connectivity index (χ3n) is 4.05. The average Bonchev–Trinajstić information content (AvgIpc) is 3.10. The van der Waals surface area contributed by atoms with Crippen molar-refractivity contribution in [2.75, 3.05) is 0 Å². The molecule has 3 rings (SSSR count). The van der Waals surface area contributed by atoms with Crippen LogP contribution in [0.3, 0.4) is 0 Å². The molecule has 1 aromatic heterocycles. The molecule has 1 saturated carbocycles. The summed E-state index contributed by atoms with van der Waals surface area (Å²) in [5.74, 6) is -0.282. The molecule has 1 fully saturated rings. The number of benzene rings is 1. The van der Waals surface area contributed by atoms with Gasteiger partial charge in [-0.1, -0.05) is 38.1 Å². The van der Waals surface area contributed by atoms with Crippen molar-refractivity contribution in [2.24, 2.45) is 0 Å². The SMILES string of the molecule is CC(C)c1ccc(-c2cnn(C3(C(=O)O)CC3)c2)cc1. The summed E-state index contributed by atoms with van der Waals surface area (Å²) in [6, 6.07) is 8.36. The zero-order valence-electron chi connectivity index (χ0n) is 11.7. The molecular formula is C16H18N2O2. The molecule has 4 nitrogen and oxygen atoms in total. The predicted molar refractivity (Wildman–Crippen MR) is 76.6 cm³/mol. The van der Waals surface area contributed by atoms with E-state index in [0.717, 1.165) is 11.1 Å². The van der Waals surface area contributed by atoms with E-state index in [-0.39, 0.29) is 0 Å². The number of hydrogen-bond donors (Lipinski definition) is 1. The lowest BCUT2D eigenvalue weighted by atomic mass is 10.0. The van der Waals surface area contributed by atoms with Gasteiger partial charge in [-0.15, -0.1) is 0 Å². The van der Waals surface area contributed by atoms with Crippen LogP contribution >= 0.6 is 0 Å². The molecule has 0 radical (unpaired) electrons. The highest BCUT2D eigenvalue weighted by atomic mass is 16.4. The first kappa shape index (κ1) is 12.9. The van der Waals surface area contributed by atoms with Crippen LogP contribution in [-0.4, -0.2) is 20.9 Å². The van der Waals surface area contributed by atoms with Crippen molar-refractivity contribution in [1.29, 1.82) is 0 Å². The van der Waals surface area contributed by atoms with Gasteiger partial charge in [-0.25, -0.2) is 4.79 Å². The minimum atomic E-state index is -0.796. The maximum atomic E-state index is 11.3. The zero-order chi connectivity index (χ0) is 14.3. The summed E-state index contributed by atoms with van der Waals surface area (Å²) in [7, 11) is 0. The monoisotopic (exact) mass is 270 g/mol. The van der Waals surface area contributed by atoms with Gasteiger partial charge in [-0.05, 0) is 29.9 Å². The molecule has 0 unspecified atom stereocenters. The van der Waals surface area contributed by atoms with Gasteiger partial charge in [0.1, 0.15) is 0 Å². The Morgan fingerprint density at radius 1 is 1.25 bits per heavy atom. The molecule has 0 aliphatic heterocycles. The molecule has 1 heterocycles. The summed E-state index contributed by atoms with van der Waals surface area (Å²) in [6.07, 6.45) is 4.91. The lowest BCUT2D eigenvalue weighted by molar-refractivity contribution is -0.142. The Labute approximate surface area is 118 Å². The van der Waals surface area contributed by atoms with Crippen LogP contribution in [0.5, 0.6) is 0 Å². The Hall–Kier alpha value is -2.10. The van der Waals surface area contributed by atoms with Gasteiger partial charge in [0.2, 0.25) is 0 Å². The first-order valence-electron chi connectivity index (χ1n) is 6.92. The van der Waals surface area contributed by atoms with Crippen molar-refractivity contribution in [2.45, 2.75) is 38.1 Å². The van der Waals surface area contributed by atoms with Gasteiger partial charge < -0.3 is 5.11 Å². The molecule has 4 heteroatoms. The topological polar surface area (TPSA) is 55.1 Å². The van der Waals surface area contributed by atoms with Crippen molar-refractivity contribution in [1.82, 2.24) is 9.78 Å². The first-order chi connectivity index (χ1) is 9.53. The molecule has 0 atom stereocenters. The van der Waals surface area contributed by atoms with E-state index in [2.05, 4.69) is 43.2 Å². The molecule has 20 heavy (non-hydrogen) atoms. The molecular weight excluding hydrogens is 252 g/mol. The Kier molecular flexibility index (Phi) is 2.89. The first-order valence-corrected chi connectivity index (χ1v) is 6.92. The van der Waals surface area contributed by atoms with Gasteiger partial charge in [0, 0.05) is 11.8 Å². The third-order valence-corrected chi connectivity index (χ3v) is 4.05. The second kappa shape index (κ2) is 4.47. The second-order valence-electron chi connectivity index (χ2n) is 5.79. The Morgan fingerprint density at radius 3 is 2.40 bits per heavy atom. The van der Waals surface area contributed by atoms with Crippen LogP contribution in [0.25, 0.3) is 11.1 Å². The molecule has 1 aromatic carbocycles.